The van der Waals surface area contributed by atoms with Crippen molar-refractivity contribution in [2.45, 2.75) is 24.0 Å². The predicted octanol–water partition coefficient (Wildman–Crippen LogP) is 3.77. The maximum absolute atomic E-state index is 11.2. The number of thiophene rings is 1. The van der Waals surface area contributed by atoms with Crippen molar-refractivity contribution in [3.8, 4) is 0 Å². The lowest BCUT2D eigenvalue weighted by Crippen LogP contribution is -2.43. The summed E-state index contributed by atoms with van der Waals surface area (Å²) >= 11 is 1.06. The van der Waals surface area contributed by atoms with E-state index < -0.39 is 10.1 Å². The molecular formula is C20H27ClN4O3S2. The van der Waals surface area contributed by atoms with Crippen molar-refractivity contribution < 1.29 is 13.0 Å². The van der Waals surface area contributed by atoms with Gasteiger partial charge >= 0.3 is 10.1 Å². The van der Waals surface area contributed by atoms with Gasteiger partial charge in [0.15, 0.2) is 0 Å². The smallest absolute Gasteiger partial charge is 0.304 e. The molecule has 1 aliphatic rings. The van der Waals surface area contributed by atoms with E-state index in [4.69, 9.17) is 10.3 Å². The molecular weight excluding hydrogens is 444 g/mol. The van der Waals surface area contributed by atoms with Gasteiger partial charge in [0, 0.05) is 48.1 Å². The maximum atomic E-state index is 11.2. The molecule has 0 amide bonds. The van der Waals surface area contributed by atoms with Crippen LogP contribution in [-0.2, 0) is 10.1 Å². The van der Waals surface area contributed by atoms with Gasteiger partial charge in [0.25, 0.3) is 0 Å². The number of nitrogens with two attached hydrogens (primary N) is 1. The van der Waals surface area contributed by atoms with Crippen LogP contribution in [0.5, 0.6) is 0 Å². The molecule has 3 heterocycles. The Balaban J connectivity index is 0.000000249. The highest BCUT2D eigenvalue weighted by Gasteiger charge is 2.19. The van der Waals surface area contributed by atoms with Gasteiger partial charge in [-0.1, -0.05) is 26.0 Å². The Hall–Kier alpha value is -1.91. The van der Waals surface area contributed by atoms with Gasteiger partial charge in [-0.3, -0.25) is 4.55 Å². The van der Waals surface area contributed by atoms with Crippen LogP contribution in [0.1, 0.15) is 25.3 Å². The lowest BCUT2D eigenvalue weighted by molar-refractivity contribution is 0.485. The highest BCUT2D eigenvalue weighted by atomic mass is 35.5. The Morgan fingerprint density at radius 3 is 2.37 bits per heavy atom. The third-order valence-corrected chi connectivity index (χ3v) is 7.08. The van der Waals surface area contributed by atoms with Crippen molar-refractivity contribution >= 4 is 55.5 Å². The molecule has 164 valence electrons. The molecule has 0 saturated carbocycles. The van der Waals surface area contributed by atoms with Crippen LogP contribution in [0.25, 0.3) is 10.1 Å². The van der Waals surface area contributed by atoms with Gasteiger partial charge in [-0.25, -0.2) is 4.98 Å². The van der Waals surface area contributed by atoms with Crippen molar-refractivity contribution in [3.63, 3.8) is 0 Å². The zero-order valence-corrected chi connectivity index (χ0v) is 19.4. The molecule has 7 nitrogen and oxygen atoms in total. The molecule has 0 spiro atoms. The average Bonchev–Trinajstić information content (AvgIpc) is 3.14. The van der Waals surface area contributed by atoms with E-state index in [1.165, 1.54) is 11.6 Å². The molecule has 0 bridgehead atoms. The standard InChI is InChI=1S/C11H13N3O3S2.C9H13N.ClH/c15-19(16,17)10-7-8-9(18-10)1-2-13-11(8)14-5-3-12-4-6-14;1-7(2)8-3-5-9(10)6-4-8;/h1-2,7,12H,3-6H2,(H,15,16,17);3-7H,10H2,1-2H3;1H. The number of hydrogen-bond donors (Lipinski definition) is 3. The van der Waals surface area contributed by atoms with Crippen LogP contribution in [-0.4, -0.2) is 44.1 Å². The van der Waals surface area contributed by atoms with Gasteiger partial charge < -0.3 is 16.0 Å². The first kappa shape index (κ1) is 24.4. The van der Waals surface area contributed by atoms with E-state index in [-0.39, 0.29) is 16.6 Å². The summed E-state index contributed by atoms with van der Waals surface area (Å²) in [7, 11) is -4.15. The molecule has 1 aliphatic heterocycles. The minimum atomic E-state index is -4.15. The largest absolute Gasteiger partial charge is 0.399 e. The molecule has 0 radical (unpaired) electrons. The van der Waals surface area contributed by atoms with Crippen molar-refractivity contribution in [3.05, 3.63) is 48.2 Å². The predicted molar refractivity (Wildman–Crippen MR) is 127 cm³/mol. The number of fused-ring (bicyclic) bond motifs is 1. The number of rotatable bonds is 3. The summed E-state index contributed by atoms with van der Waals surface area (Å²) in [5.41, 5.74) is 7.71. The number of halogens is 1. The van der Waals surface area contributed by atoms with Gasteiger partial charge in [-0.2, -0.15) is 8.42 Å². The second-order valence-corrected chi connectivity index (χ2v) is 9.88. The number of pyridine rings is 1. The Kier molecular flexibility index (Phi) is 8.45. The van der Waals surface area contributed by atoms with Crippen LogP contribution in [0.15, 0.2) is 46.8 Å². The average molecular weight is 471 g/mol. The third-order valence-electron chi connectivity index (χ3n) is 4.68. The van der Waals surface area contributed by atoms with Crippen molar-refractivity contribution in [2.24, 2.45) is 0 Å². The van der Waals surface area contributed by atoms with Crippen LogP contribution < -0.4 is 16.0 Å². The van der Waals surface area contributed by atoms with Gasteiger partial charge in [-0.15, -0.1) is 23.7 Å². The lowest BCUT2D eigenvalue weighted by Gasteiger charge is -2.28. The number of hydrogen-bond acceptors (Lipinski definition) is 7. The molecule has 30 heavy (non-hydrogen) atoms. The van der Waals surface area contributed by atoms with Crippen molar-refractivity contribution in [1.29, 1.82) is 0 Å². The van der Waals surface area contributed by atoms with Gasteiger partial charge in [0.1, 0.15) is 10.0 Å². The normalized spacial score (nSPS) is 14.2. The SMILES string of the molecule is CC(C)c1ccc(N)cc1.Cl.O=S(=O)(O)c1cc2c(N3CCNCC3)nccc2s1. The summed E-state index contributed by atoms with van der Waals surface area (Å²) in [5.74, 6) is 1.38. The number of benzene rings is 1. The van der Waals surface area contributed by atoms with Crippen LogP contribution in [0.2, 0.25) is 0 Å². The first-order chi connectivity index (χ1) is 13.8. The number of nitrogen functional groups attached to an aromatic ring is 1. The number of nitrogens with zero attached hydrogens (tertiary/aromatic N) is 2. The molecule has 0 atom stereocenters. The highest BCUT2D eigenvalue weighted by molar-refractivity contribution is 7.88. The molecule has 4 N–H and O–H groups in total. The minimum absolute atomic E-state index is 0. The van der Waals surface area contributed by atoms with E-state index >= 15 is 0 Å². The molecule has 1 aromatic carbocycles. The molecule has 1 fully saturated rings. The highest BCUT2D eigenvalue weighted by Crippen LogP contribution is 2.34. The fraction of sp³-hybridized carbons (Fsp3) is 0.350. The van der Waals surface area contributed by atoms with E-state index in [2.05, 4.69) is 41.2 Å². The Morgan fingerprint density at radius 1 is 1.17 bits per heavy atom. The Bertz CT molecular complexity index is 1060. The van der Waals surface area contributed by atoms with Crippen molar-refractivity contribution in [2.75, 3.05) is 36.8 Å². The topological polar surface area (TPSA) is 109 Å². The lowest BCUT2D eigenvalue weighted by atomic mass is 10.0. The van der Waals surface area contributed by atoms with Crippen LogP contribution in [0.3, 0.4) is 0 Å². The molecule has 1 saturated heterocycles. The van der Waals surface area contributed by atoms with E-state index in [1.807, 2.05) is 12.1 Å². The third kappa shape index (κ3) is 6.05. The Morgan fingerprint density at radius 2 is 1.80 bits per heavy atom. The maximum Gasteiger partial charge on any atom is 0.304 e. The van der Waals surface area contributed by atoms with E-state index in [9.17, 15) is 8.42 Å². The van der Waals surface area contributed by atoms with E-state index in [0.29, 0.717) is 5.92 Å². The summed E-state index contributed by atoms with van der Waals surface area (Å²) in [5, 5.41) is 4.04. The summed E-state index contributed by atoms with van der Waals surface area (Å²) in [6.07, 6.45) is 1.67. The number of piperazine rings is 1. The minimum Gasteiger partial charge on any atom is -0.399 e. The van der Waals surface area contributed by atoms with E-state index in [0.717, 1.165) is 59.1 Å². The number of aromatic nitrogens is 1. The van der Waals surface area contributed by atoms with Crippen molar-refractivity contribution in [1.82, 2.24) is 10.3 Å². The summed E-state index contributed by atoms with van der Waals surface area (Å²) in [6.45, 7) is 7.78. The summed E-state index contributed by atoms with van der Waals surface area (Å²) in [4.78, 5) is 6.48. The zero-order chi connectivity index (χ0) is 21.0. The number of nitrogens with one attached hydrogen (secondary N) is 1. The van der Waals surface area contributed by atoms with Crippen LogP contribution in [0, 0.1) is 0 Å². The monoisotopic (exact) mass is 470 g/mol. The molecule has 2 aromatic heterocycles. The molecule has 4 rings (SSSR count). The second kappa shape index (κ2) is 10.4. The first-order valence-corrected chi connectivity index (χ1v) is 11.7. The van der Waals surface area contributed by atoms with E-state index in [1.54, 1.807) is 12.3 Å². The first-order valence-electron chi connectivity index (χ1n) is 9.43. The fourth-order valence-corrected chi connectivity index (χ4v) is 4.80. The zero-order valence-electron chi connectivity index (χ0n) is 16.9. The second-order valence-electron chi connectivity index (χ2n) is 7.15. The van der Waals surface area contributed by atoms with Crippen LogP contribution >= 0.6 is 23.7 Å². The quantitative estimate of drug-likeness (QED) is 0.395. The summed E-state index contributed by atoms with van der Waals surface area (Å²) in [6, 6.07) is 11.3. The molecule has 3 aromatic rings. The number of anilines is 2. The van der Waals surface area contributed by atoms with Gasteiger partial charge in [0.2, 0.25) is 0 Å². The molecule has 0 aliphatic carbocycles. The Labute approximate surface area is 187 Å². The fourth-order valence-electron chi connectivity index (χ4n) is 3.06. The van der Waals surface area contributed by atoms with Gasteiger partial charge in [0.05, 0.1) is 0 Å². The summed E-state index contributed by atoms with van der Waals surface area (Å²) < 4.78 is 32.3. The van der Waals surface area contributed by atoms with Gasteiger partial charge in [-0.05, 0) is 35.7 Å². The molecule has 10 heteroatoms. The van der Waals surface area contributed by atoms with Crippen LogP contribution in [0.4, 0.5) is 11.5 Å². The molecule has 0 unspecified atom stereocenters.